The molecule has 0 atom stereocenters. The maximum Gasteiger partial charge on any atom is 0.258 e. The highest BCUT2D eigenvalue weighted by Gasteiger charge is 2.14. The molecule has 2 aromatic rings. The SMILES string of the molecule is O=C(Nc1cc(Cl)ccc1Cl)c1cnc(NC2CCCCCC2)nc1. The maximum atomic E-state index is 12.3. The number of nitrogens with zero attached hydrogens (tertiary/aromatic N) is 2. The number of amides is 1. The van der Waals surface area contributed by atoms with Crippen molar-refractivity contribution in [1.29, 1.82) is 0 Å². The van der Waals surface area contributed by atoms with Crippen molar-refractivity contribution in [3.63, 3.8) is 0 Å². The lowest BCUT2D eigenvalue weighted by atomic mass is 10.1. The van der Waals surface area contributed by atoms with E-state index in [1.165, 1.54) is 38.1 Å². The Morgan fingerprint density at radius 2 is 1.72 bits per heavy atom. The van der Waals surface area contributed by atoms with Crippen molar-refractivity contribution in [2.24, 2.45) is 0 Å². The van der Waals surface area contributed by atoms with Crippen LogP contribution in [-0.4, -0.2) is 21.9 Å². The Kier molecular flexibility index (Phi) is 6.10. The Hall–Kier alpha value is -1.85. The van der Waals surface area contributed by atoms with Gasteiger partial charge in [-0.3, -0.25) is 4.79 Å². The molecule has 2 N–H and O–H groups in total. The fourth-order valence-electron chi connectivity index (χ4n) is 2.91. The fraction of sp³-hybridized carbons (Fsp3) is 0.389. The van der Waals surface area contributed by atoms with Crippen LogP contribution in [0.15, 0.2) is 30.6 Å². The normalized spacial score (nSPS) is 15.4. The van der Waals surface area contributed by atoms with Gasteiger partial charge in [0.05, 0.1) is 16.3 Å². The van der Waals surface area contributed by atoms with Gasteiger partial charge in [0.15, 0.2) is 0 Å². The first-order valence-electron chi connectivity index (χ1n) is 8.47. The topological polar surface area (TPSA) is 66.9 Å². The highest BCUT2D eigenvalue weighted by molar-refractivity contribution is 6.35. The highest BCUT2D eigenvalue weighted by atomic mass is 35.5. The third kappa shape index (κ3) is 5.06. The van der Waals surface area contributed by atoms with Crippen LogP contribution in [0.1, 0.15) is 48.9 Å². The molecule has 1 aliphatic carbocycles. The average molecular weight is 379 g/mol. The molecule has 1 saturated carbocycles. The minimum atomic E-state index is -0.329. The summed E-state index contributed by atoms with van der Waals surface area (Å²) < 4.78 is 0. The summed E-state index contributed by atoms with van der Waals surface area (Å²) in [6, 6.07) is 5.31. The Labute approximate surface area is 157 Å². The molecule has 1 fully saturated rings. The first kappa shape index (κ1) is 18.0. The Morgan fingerprint density at radius 1 is 1.04 bits per heavy atom. The molecule has 0 unspecified atom stereocenters. The fourth-order valence-corrected chi connectivity index (χ4v) is 3.25. The minimum absolute atomic E-state index is 0.329. The van der Waals surface area contributed by atoms with Gasteiger partial charge in [0.1, 0.15) is 0 Å². The van der Waals surface area contributed by atoms with E-state index in [0.717, 1.165) is 12.8 Å². The van der Waals surface area contributed by atoms with Gasteiger partial charge in [0, 0.05) is 23.5 Å². The van der Waals surface area contributed by atoms with Crippen molar-refractivity contribution in [1.82, 2.24) is 9.97 Å². The van der Waals surface area contributed by atoms with Gasteiger partial charge in [-0.2, -0.15) is 0 Å². The summed E-state index contributed by atoms with van der Waals surface area (Å²) in [6.45, 7) is 0. The Balaban J connectivity index is 1.63. The van der Waals surface area contributed by atoms with Gasteiger partial charge in [-0.1, -0.05) is 48.9 Å². The number of carbonyl (C=O) groups excluding carboxylic acids is 1. The highest BCUT2D eigenvalue weighted by Crippen LogP contribution is 2.26. The van der Waals surface area contributed by atoms with E-state index < -0.39 is 0 Å². The monoisotopic (exact) mass is 378 g/mol. The molecule has 1 aromatic carbocycles. The van der Waals surface area contributed by atoms with Crippen LogP contribution in [0.2, 0.25) is 10.0 Å². The zero-order valence-electron chi connectivity index (χ0n) is 13.8. The van der Waals surface area contributed by atoms with Crippen molar-refractivity contribution < 1.29 is 4.79 Å². The summed E-state index contributed by atoms with van der Waals surface area (Å²) in [5.74, 6) is 0.231. The number of aromatic nitrogens is 2. The van der Waals surface area contributed by atoms with Gasteiger partial charge in [-0.05, 0) is 31.0 Å². The van der Waals surface area contributed by atoms with Crippen molar-refractivity contribution in [2.45, 2.75) is 44.6 Å². The molecule has 0 radical (unpaired) electrons. The predicted octanol–water partition coefficient (Wildman–Crippen LogP) is 5.17. The quantitative estimate of drug-likeness (QED) is 0.720. The molecule has 25 heavy (non-hydrogen) atoms. The number of carbonyl (C=O) groups is 1. The van der Waals surface area contributed by atoms with E-state index in [1.807, 2.05) is 0 Å². The van der Waals surface area contributed by atoms with E-state index in [-0.39, 0.29) is 5.91 Å². The number of benzene rings is 1. The van der Waals surface area contributed by atoms with E-state index in [4.69, 9.17) is 23.2 Å². The van der Waals surface area contributed by atoms with Crippen LogP contribution in [0.3, 0.4) is 0 Å². The molecule has 0 spiro atoms. The summed E-state index contributed by atoms with van der Waals surface area (Å²) in [6.07, 6.45) is 10.4. The number of nitrogens with one attached hydrogen (secondary N) is 2. The predicted molar refractivity (Wildman–Crippen MR) is 102 cm³/mol. The summed E-state index contributed by atoms with van der Waals surface area (Å²) >= 11 is 12.0. The van der Waals surface area contributed by atoms with Gasteiger partial charge in [-0.25, -0.2) is 9.97 Å². The van der Waals surface area contributed by atoms with E-state index in [0.29, 0.717) is 33.3 Å². The first-order valence-corrected chi connectivity index (χ1v) is 9.22. The zero-order valence-corrected chi connectivity index (χ0v) is 15.3. The van der Waals surface area contributed by atoms with Crippen LogP contribution in [-0.2, 0) is 0 Å². The number of hydrogen-bond donors (Lipinski definition) is 2. The summed E-state index contributed by atoms with van der Waals surface area (Å²) in [4.78, 5) is 20.8. The lowest BCUT2D eigenvalue weighted by Gasteiger charge is -2.16. The lowest BCUT2D eigenvalue weighted by molar-refractivity contribution is 0.102. The maximum absolute atomic E-state index is 12.3. The average Bonchev–Trinajstić information content (AvgIpc) is 2.87. The van der Waals surface area contributed by atoms with Crippen LogP contribution in [0.5, 0.6) is 0 Å². The van der Waals surface area contributed by atoms with Gasteiger partial charge >= 0.3 is 0 Å². The van der Waals surface area contributed by atoms with Crippen molar-refractivity contribution in [2.75, 3.05) is 10.6 Å². The molecule has 1 amide bonds. The molecular formula is C18H20Cl2N4O. The molecule has 0 bridgehead atoms. The van der Waals surface area contributed by atoms with Crippen LogP contribution in [0.4, 0.5) is 11.6 Å². The molecule has 132 valence electrons. The number of halogens is 2. The molecule has 1 heterocycles. The lowest BCUT2D eigenvalue weighted by Crippen LogP contribution is -2.20. The van der Waals surface area contributed by atoms with Crippen LogP contribution in [0, 0.1) is 0 Å². The second kappa shape index (κ2) is 8.50. The molecule has 1 aromatic heterocycles. The number of rotatable bonds is 4. The number of hydrogen-bond acceptors (Lipinski definition) is 4. The van der Waals surface area contributed by atoms with Gasteiger partial charge < -0.3 is 10.6 Å². The third-order valence-corrected chi connectivity index (χ3v) is 4.84. The molecule has 5 nitrogen and oxygen atoms in total. The smallest absolute Gasteiger partial charge is 0.258 e. The van der Waals surface area contributed by atoms with Crippen LogP contribution < -0.4 is 10.6 Å². The molecule has 3 rings (SSSR count). The summed E-state index contributed by atoms with van der Waals surface area (Å²) in [5.41, 5.74) is 0.822. The molecular weight excluding hydrogens is 359 g/mol. The van der Waals surface area contributed by atoms with Crippen molar-refractivity contribution in [3.8, 4) is 0 Å². The van der Waals surface area contributed by atoms with Crippen LogP contribution in [0.25, 0.3) is 0 Å². The van der Waals surface area contributed by atoms with Crippen molar-refractivity contribution >= 4 is 40.7 Å². The van der Waals surface area contributed by atoms with E-state index in [2.05, 4.69) is 20.6 Å². The third-order valence-electron chi connectivity index (χ3n) is 4.28. The van der Waals surface area contributed by atoms with E-state index in [9.17, 15) is 4.79 Å². The standard InChI is InChI=1S/C18H20Cl2N4O/c19-13-7-8-15(20)16(9-13)24-17(25)12-10-21-18(22-11-12)23-14-5-3-1-2-4-6-14/h7-11,14H,1-6H2,(H,24,25)(H,21,22,23). The molecule has 0 aliphatic heterocycles. The minimum Gasteiger partial charge on any atom is -0.351 e. The van der Waals surface area contributed by atoms with Crippen LogP contribution >= 0.6 is 23.2 Å². The summed E-state index contributed by atoms with van der Waals surface area (Å²) in [5, 5.41) is 7.00. The molecule has 7 heteroatoms. The molecule has 1 aliphatic rings. The summed E-state index contributed by atoms with van der Waals surface area (Å²) in [7, 11) is 0. The number of anilines is 2. The van der Waals surface area contributed by atoms with Gasteiger partial charge in [0.2, 0.25) is 5.95 Å². The largest absolute Gasteiger partial charge is 0.351 e. The second-order valence-corrected chi connectivity index (χ2v) is 7.05. The van der Waals surface area contributed by atoms with Gasteiger partial charge in [-0.15, -0.1) is 0 Å². The van der Waals surface area contributed by atoms with Gasteiger partial charge in [0.25, 0.3) is 5.91 Å². The van der Waals surface area contributed by atoms with E-state index >= 15 is 0 Å². The Bertz CT molecular complexity index is 728. The zero-order chi connectivity index (χ0) is 17.6. The first-order chi connectivity index (χ1) is 12.1. The van der Waals surface area contributed by atoms with Crippen molar-refractivity contribution in [3.05, 3.63) is 46.2 Å². The molecule has 0 saturated heterocycles. The van der Waals surface area contributed by atoms with E-state index in [1.54, 1.807) is 18.2 Å². The Morgan fingerprint density at radius 3 is 2.40 bits per heavy atom. The second-order valence-electron chi connectivity index (χ2n) is 6.21.